The van der Waals surface area contributed by atoms with Gasteiger partial charge >= 0.3 is 0 Å². The molecule has 2 aromatic rings. The minimum absolute atomic E-state index is 0.228. The van der Waals surface area contributed by atoms with Crippen LogP contribution in [0.2, 0.25) is 0 Å². The van der Waals surface area contributed by atoms with Gasteiger partial charge < -0.3 is 4.74 Å². The van der Waals surface area contributed by atoms with Crippen LogP contribution in [0.3, 0.4) is 0 Å². The van der Waals surface area contributed by atoms with E-state index < -0.39 is 6.10 Å². The van der Waals surface area contributed by atoms with E-state index in [0.717, 1.165) is 18.6 Å². The molecule has 1 N–H and O–H groups in total. The lowest BCUT2D eigenvalue weighted by Gasteiger charge is -2.17. The molecule has 114 valence electrons. The fourth-order valence-corrected chi connectivity index (χ4v) is 2.66. The van der Waals surface area contributed by atoms with E-state index in [9.17, 15) is 4.79 Å². The maximum atomic E-state index is 12.3. The van der Waals surface area contributed by atoms with Crippen LogP contribution >= 0.6 is 0 Å². The lowest BCUT2D eigenvalue weighted by molar-refractivity contribution is -0.122. The van der Waals surface area contributed by atoms with Crippen LogP contribution < -0.4 is 10.1 Å². The molecule has 1 aromatic heterocycles. The van der Waals surface area contributed by atoms with Gasteiger partial charge in [-0.3, -0.25) is 10.1 Å². The summed E-state index contributed by atoms with van der Waals surface area (Å²) in [7, 11) is 0. The fraction of sp³-hybridized carbons (Fsp3) is 0.353. The van der Waals surface area contributed by atoms with Crippen molar-refractivity contribution in [1.82, 2.24) is 9.97 Å². The number of carbonyl (C=O) groups is 1. The van der Waals surface area contributed by atoms with Gasteiger partial charge in [-0.05, 0) is 55.0 Å². The van der Waals surface area contributed by atoms with Crippen LogP contribution in [-0.2, 0) is 17.6 Å². The van der Waals surface area contributed by atoms with Crippen LogP contribution in [0.5, 0.6) is 5.75 Å². The number of hydrogen-bond acceptors (Lipinski definition) is 4. The minimum Gasteiger partial charge on any atom is -0.481 e. The summed E-state index contributed by atoms with van der Waals surface area (Å²) in [4.78, 5) is 20.2. The Labute approximate surface area is 129 Å². The average Bonchev–Trinajstić information content (AvgIpc) is 3.01. The van der Waals surface area contributed by atoms with Crippen molar-refractivity contribution in [1.29, 1.82) is 0 Å². The van der Waals surface area contributed by atoms with E-state index in [1.165, 1.54) is 17.5 Å². The molecule has 1 aromatic carbocycles. The van der Waals surface area contributed by atoms with Crippen molar-refractivity contribution in [2.45, 2.75) is 38.7 Å². The predicted octanol–water partition coefficient (Wildman–Crippen LogP) is 2.76. The Balaban J connectivity index is 1.67. The number of hydrogen-bond donors (Lipinski definition) is 1. The molecule has 1 aliphatic rings. The molecule has 0 saturated heterocycles. The molecule has 3 rings (SSSR count). The van der Waals surface area contributed by atoms with Crippen molar-refractivity contribution in [2.75, 3.05) is 5.32 Å². The van der Waals surface area contributed by atoms with Gasteiger partial charge in [-0.1, -0.05) is 13.0 Å². The number of benzene rings is 1. The molecule has 1 atom stereocenters. The van der Waals surface area contributed by atoms with Gasteiger partial charge in [0.1, 0.15) is 5.75 Å². The summed E-state index contributed by atoms with van der Waals surface area (Å²) in [5.41, 5.74) is 2.72. The van der Waals surface area contributed by atoms with Crippen LogP contribution in [0.1, 0.15) is 30.9 Å². The van der Waals surface area contributed by atoms with Gasteiger partial charge in [-0.15, -0.1) is 0 Å². The molecule has 0 aliphatic heterocycles. The van der Waals surface area contributed by atoms with E-state index in [0.29, 0.717) is 12.4 Å². The quantitative estimate of drug-likeness (QED) is 0.921. The molecule has 0 bridgehead atoms. The van der Waals surface area contributed by atoms with Crippen LogP contribution in [0.4, 0.5) is 5.95 Å². The molecule has 1 heterocycles. The first-order valence-electron chi connectivity index (χ1n) is 7.62. The SMILES string of the molecule is CCC(Oc1ccc2c(c1)CCC2)C(=O)Nc1ncccn1. The van der Waals surface area contributed by atoms with E-state index in [-0.39, 0.29) is 5.91 Å². The van der Waals surface area contributed by atoms with Crippen molar-refractivity contribution in [3.63, 3.8) is 0 Å². The number of ether oxygens (including phenoxy) is 1. The number of aromatic nitrogens is 2. The number of carbonyl (C=O) groups excluding carboxylic acids is 1. The molecule has 0 spiro atoms. The summed E-state index contributed by atoms with van der Waals surface area (Å²) in [6.07, 6.45) is 6.63. The smallest absolute Gasteiger partial charge is 0.267 e. The van der Waals surface area contributed by atoms with Crippen molar-refractivity contribution < 1.29 is 9.53 Å². The Bertz CT molecular complexity index is 658. The first kappa shape index (κ1) is 14.5. The van der Waals surface area contributed by atoms with E-state index in [4.69, 9.17) is 4.74 Å². The molecule has 1 amide bonds. The third kappa shape index (κ3) is 3.24. The summed E-state index contributed by atoms with van der Waals surface area (Å²) in [6, 6.07) is 7.80. The van der Waals surface area contributed by atoms with Gasteiger partial charge in [0, 0.05) is 12.4 Å². The molecule has 0 saturated carbocycles. The zero-order chi connectivity index (χ0) is 15.4. The van der Waals surface area contributed by atoms with Gasteiger partial charge in [0.2, 0.25) is 5.95 Å². The molecule has 0 fully saturated rings. The Morgan fingerprint density at radius 1 is 1.27 bits per heavy atom. The number of amides is 1. The Hall–Kier alpha value is -2.43. The number of fused-ring (bicyclic) bond motifs is 1. The molecular formula is C17H19N3O2. The van der Waals surface area contributed by atoms with Crippen LogP contribution in [0, 0.1) is 0 Å². The zero-order valence-electron chi connectivity index (χ0n) is 12.6. The second-order valence-corrected chi connectivity index (χ2v) is 5.36. The monoisotopic (exact) mass is 297 g/mol. The number of anilines is 1. The Morgan fingerprint density at radius 2 is 2.05 bits per heavy atom. The first-order valence-corrected chi connectivity index (χ1v) is 7.62. The van der Waals surface area contributed by atoms with Crippen molar-refractivity contribution in [3.8, 4) is 5.75 Å². The van der Waals surface area contributed by atoms with Gasteiger partial charge in [0.15, 0.2) is 6.10 Å². The highest BCUT2D eigenvalue weighted by Crippen LogP contribution is 2.26. The highest BCUT2D eigenvalue weighted by Gasteiger charge is 2.20. The average molecular weight is 297 g/mol. The Kier molecular flexibility index (Phi) is 4.32. The maximum Gasteiger partial charge on any atom is 0.267 e. The van der Waals surface area contributed by atoms with E-state index >= 15 is 0 Å². The van der Waals surface area contributed by atoms with Crippen molar-refractivity contribution in [3.05, 3.63) is 47.8 Å². The molecule has 5 nitrogen and oxygen atoms in total. The third-order valence-electron chi connectivity index (χ3n) is 3.81. The van der Waals surface area contributed by atoms with Gasteiger partial charge in [-0.2, -0.15) is 0 Å². The highest BCUT2D eigenvalue weighted by atomic mass is 16.5. The number of aryl methyl sites for hydroxylation is 2. The van der Waals surface area contributed by atoms with Gasteiger partial charge in [-0.25, -0.2) is 9.97 Å². The molecule has 5 heteroatoms. The van der Waals surface area contributed by atoms with Crippen LogP contribution in [0.25, 0.3) is 0 Å². The summed E-state index contributed by atoms with van der Waals surface area (Å²) >= 11 is 0. The summed E-state index contributed by atoms with van der Waals surface area (Å²) in [5.74, 6) is 0.814. The minimum atomic E-state index is -0.553. The fourth-order valence-electron chi connectivity index (χ4n) is 2.66. The number of nitrogens with zero attached hydrogens (tertiary/aromatic N) is 2. The largest absolute Gasteiger partial charge is 0.481 e. The number of nitrogens with one attached hydrogen (secondary N) is 1. The first-order chi connectivity index (χ1) is 10.8. The van der Waals surface area contributed by atoms with Gasteiger partial charge in [0.05, 0.1) is 0 Å². The molecule has 1 aliphatic carbocycles. The molecule has 22 heavy (non-hydrogen) atoms. The summed E-state index contributed by atoms with van der Waals surface area (Å²) in [6.45, 7) is 1.92. The number of rotatable bonds is 5. The highest BCUT2D eigenvalue weighted by molar-refractivity contribution is 5.92. The lowest BCUT2D eigenvalue weighted by atomic mass is 10.1. The topological polar surface area (TPSA) is 64.1 Å². The standard InChI is InChI=1S/C17H19N3O2/c1-2-15(16(21)20-17-18-9-4-10-19-17)22-14-8-7-12-5-3-6-13(12)11-14/h4,7-11,15H,2-3,5-6H2,1H3,(H,18,19,20,21). The summed E-state index contributed by atoms with van der Waals surface area (Å²) < 4.78 is 5.86. The second kappa shape index (κ2) is 6.56. The third-order valence-corrected chi connectivity index (χ3v) is 3.81. The normalized spacial score (nSPS) is 14.2. The predicted molar refractivity (Wildman–Crippen MR) is 83.8 cm³/mol. The van der Waals surface area contributed by atoms with E-state index in [2.05, 4.69) is 27.4 Å². The van der Waals surface area contributed by atoms with Crippen molar-refractivity contribution >= 4 is 11.9 Å². The Morgan fingerprint density at radius 3 is 2.82 bits per heavy atom. The van der Waals surface area contributed by atoms with Crippen molar-refractivity contribution in [2.24, 2.45) is 0 Å². The lowest BCUT2D eigenvalue weighted by Crippen LogP contribution is -2.33. The zero-order valence-corrected chi connectivity index (χ0v) is 12.6. The molecule has 0 radical (unpaired) electrons. The van der Waals surface area contributed by atoms with Crippen LogP contribution in [-0.4, -0.2) is 22.0 Å². The summed E-state index contributed by atoms with van der Waals surface area (Å²) in [5, 5.41) is 2.68. The van der Waals surface area contributed by atoms with E-state index in [1.807, 2.05) is 13.0 Å². The van der Waals surface area contributed by atoms with Crippen LogP contribution in [0.15, 0.2) is 36.7 Å². The molecular weight excluding hydrogens is 278 g/mol. The van der Waals surface area contributed by atoms with E-state index in [1.54, 1.807) is 18.5 Å². The van der Waals surface area contributed by atoms with Gasteiger partial charge in [0.25, 0.3) is 5.91 Å². The maximum absolute atomic E-state index is 12.3. The molecule has 1 unspecified atom stereocenters. The second-order valence-electron chi connectivity index (χ2n) is 5.36.